The van der Waals surface area contributed by atoms with Crippen molar-refractivity contribution in [2.24, 2.45) is 11.3 Å². The quantitative estimate of drug-likeness (QED) is 0.772. The molecule has 0 radical (unpaired) electrons. The Balaban J connectivity index is 1.82. The van der Waals surface area contributed by atoms with E-state index < -0.39 is 0 Å². The van der Waals surface area contributed by atoms with Gasteiger partial charge in [-0.05, 0) is 45.2 Å². The van der Waals surface area contributed by atoms with E-state index in [1.54, 1.807) is 0 Å². The molecule has 2 saturated heterocycles. The molecule has 0 amide bonds. The van der Waals surface area contributed by atoms with Crippen LogP contribution in [0.4, 0.5) is 0 Å². The minimum atomic E-state index is 0.314. The van der Waals surface area contributed by atoms with Crippen LogP contribution in [0.5, 0.6) is 0 Å². The van der Waals surface area contributed by atoms with Gasteiger partial charge >= 0.3 is 0 Å². The Morgan fingerprint density at radius 3 is 2.65 bits per heavy atom. The van der Waals surface area contributed by atoms with E-state index in [4.69, 9.17) is 9.47 Å². The van der Waals surface area contributed by atoms with Crippen LogP contribution in [0.3, 0.4) is 0 Å². The predicted molar refractivity (Wildman–Crippen MR) is 82.1 cm³/mol. The molecule has 0 aromatic heterocycles. The molecule has 0 bridgehead atoms. The van der Waals surface area contributed by atoms with E-state index in [1.807, 2.05) is 0 Å². The first-order chi connectivity index (χ1) is 9.74. The summed E-state index contributed by atoms with van der Waals surface area (Å²) in [5.41, 5.74) is 0.314. The topological polar surface area (TPSA) is 33.7 Å². The summed E-state index contributed by atoms with van der Waals surface area (Å²) in [5.74, 6) is 0.814. The van der Waals surface area contributed by atoms with Gasteiger partial charge in [-0.3, -0.25) is 0 Å². The fraction of sp³-hybridized carbons (Fsp3) is 1.00. The summed E-state index contributed by atoms with van der Waals surface area (Å²) in [5, 5.41) is 3.54. The largest absolute Gasteiger partial charge is 0.381 e. The number of ether oxygens (including phenoxy) is 2. The van der Waals surface area contributed by atoms with Crippen molar-refractivity contribution in [1.82, 2.24) is 10.2 Å². The van der Waals surface area contributed by atoms with E-state index in [0.29, 0.717) is 5.41 Å². The summed E-state index contributed by atoms with van der Waals surface area (Å²) in [6.07, 6.45) is 4.94. The fourth-order valence-corrected chi connectivity index (χ4v) is 3.63. The van der Waals surface area contributed by atoms with Gasteiger partial charge in [-0.1, -0.05) is 6.92 Å². The van der Waals surface area contributed by atoms with E-state index in [0.717, 1.165) is 52.0 Å². The molecule has 0 aromatic carbocycles. The highest BCUT2D eigenvalue weighted by Crippen LogP contribution is 2.29. The number of nitrogens with zero attached hydrogens (tertiary/aromatic N) is 1. The first-order valence-electron chi connectivity index (χ1n) is 8.29. The van der Waals surface area contributed by atoms with Gasteiger partial charge in [0.25, 0.3) is 0 Å². The molecule has 0 spiro atoms. The second kappa shape index (κ2) is 8.32. The second-order valence-electron chi connectivity index (χ2n) is 6.69. The van der Waals surface area contributed by atoms with Crippen molar-refractivity contribution in [3.8, 4) is 0 Å². The zero-order valence-corrected chi connectivity index (χ0v) is 13.3. The summed E-state index contributed by atoms with van der Waals surface area (Å²) in [6.45, 7) is 10.4. The normalized spacial score (nSPS) is 28.9. The Kier molecular flexibility index (Phi) is 6.75. The highest BCUT2D eigenvalue weighted by atomic mass is 16.5. The van der Waals surface area contributed by atoms with E-state index in [9.17, 15) is 0 Å². The Morgan fingerprint density at radius 1 is 1.20 bits per heavy atom. The minimum absolute atomic E-state index is 0.314. The molecule has 1 unspecified atom stereocenters. The maximum Gasteiger partial charge on any atom is 0.0546 e. The molecule has 0 aliphatic carbocycles. The van der Waals surface area contributed by atoms with Crippen LogP contribution in [0.2, 0.25) is 0 Å². The number of rotatable bonds is 7. The maximum atomic E-state index is 5.79. The van der Waals surface area contributed by atoms with Crippen molar-refractivity contribution < 1.29 is 9.47 Å². The van der Waals surface area contributed by atoms with Crippen LogP contribution in [-0.4, -0.2) is 64.6 Å². The van der Waals surface area contributed by atoms with Crippen molar-refractivity contribution >= 4 is 0 Å². The molecule has 2 fully saturated rings. The second-order valence-corrected chi connectivity index (χ2v) is 6.69. The van der Waals surface area contributed by atoms with Crippen LogP contribution < -0.4 is 5.32 Å². The van der Waals surface area contributed by atoms with Gasteiger partial charge in [0, 0.05) is 44.9 Å². The third-order valence-electron chi connectivity index (χ3n) is 4.67. The predicted octanol–water partition coefficient (Wildman–Crippen LogP) is 1.75. The molecule has 20 heavy (non-hydrogen) atoms. The highest BCUT2D eigenvalue weighted by Gasteiger charge is 2.34. The Bertz CT molecular complexity index is 261. The summed E-state index contributed by atoms with van der Waals surface area (Å²) in [6, 6.07) is 0. The van der Waals surface area contributed by atoms with Crippen LogP contribution in [0, 0.1) is 11.3 Å². The molecule has 1 N–H and O–H groups in total. The van der Waals surface area contributed by atoms with Crippen molar-refractivity contribution in [3.63, 3.8) is 0 Å². The lowest BCUT2D eigenvalue weighted by Gasteiger charge is -2.41. The van der Waals surface area contributed by atoms with E-state index in [1.165, 1.54) is 32.2 Å². The van der Waals surface area contributed by atoms with Gasteiger partial charge in [-0.15, -0.1) is 0 Å². The van der Waals surface area contributed by atoms with Crippen molar-refractivity contribution in [1.29, 1.82) is 0 Å². The van der Waals surface area contributed by atoms with Gasteiger partial charge in [0.1, 0.15) is 0 Å². The van der Waals surface area contributed by atoms with Crippen LogP contribution in [-0.2, 0) is 9.47 Å². The molecule has 0 aromatic rings. The Hall–Kier alpha value is -0.160. The van der Waals surface area contributed by atoms with Crippen molar-refractivity contribution in [3.05, 3.63) is 0 Å². The summed E-state index contributed by atoms with van der Waals surface area (Å²) < 4.78 is 11.2. The van der Waals surface area contributed by atoms with E-state index >= 15 is 0 Å². The molecule has 4 nitrogen and oxygen atoms in total. The monoisotopic (exact) mass is 284 g/mol. The lowest BCUT2D eigenvalue weighted by molar-refractivity contribution is -0.0271. The summed E-state index contributed by atoms with van der Waals surface area (Å²) in [7, 11) is 2.28. The first-order valence-corrected chi connectivity index (χ1v) is 8.29. The van der Waals surface area contributed by atoms with E-state index in [2.05, 4.69) is 24.2 Å². The number of nitrogens with one attached hydrogen (secondary N) is 1. The van der Waals surface area contributed by atoms with Crippen LogP contribution in [0.25, 0.3) is 0 Å². The lowest BCUT2D eigenvalue weighted by Crippen LogP contribution is -2.49. The van der Waals surface area contributed by atoms with Gasteiger partial charge in [0.05, 0.1) is 6.61 Å². The molecule has 4 heteroatoms. The average Bonchev–Trinajstić information content (AvgIpc) is 2.47. The third-order valence-corrected chi connectivity index (χ3v) is 4.67. The molecule has 1 atom stereocenters. The molecule has 118 valence electrons. The van der Waals surface area contributed by atoms with Crippen LogP contribution in [0.15, 0.2) is 0 Å². The molecular weight excluding hydrogens is 252 g/mol. The smallest absolute Gasteiger partial charge is 0.0546 e. The van der Waals surface area contributed by atoms with Gasteiger partial charge < -0.3 is 19.7 Å². The Morgan fingerprint density at radius 2 is 2.00 bits per heavy atom. The fourth-order valence-electron chi connectivity index (χ4n) is 3.63. The van der Waals surface area contributed by atoms with Gasteiger partial charge in [0.2, 0.25) is 0 Å². The molecule has 2 rings (SSSR count). The number of hydrogen-bond acceptors (Lipinski definition) is 4. The SMILES string of the molecule is CCNCC1(CN(C)CC2CCOCC2)CCCOC1. The van der Waals surface area contributed by atoms with Crippen LogP contribution in [0.1, 0.15) is 32.6 Å². The average molecular weight is 284 g/mol. The minimum Gasteiger partial charge on any atom is -0.381 e. The summed E-state index contributed by atoms with van der Waals surface area (Å²) in [4.78, 5) is 2.53. The molecule has 2 aliphatic heterocycles. The van der Waals surface area contributed by atoms with Crippen molar-refractivity contribution in [2.75, 3.05) is 59.7 Å². The van der Waals surface area contributed by atoms with Gasteiger partial charge in [-0.2, -0.15) is 0 Å². The van der Waals surface area contributed by atoms with Gasteiger partial charge in [-0.25, -0.2) is 0 Å². The zero-order chi connectivity index (χ0) is 14.3. The van der Waals surface area contributed by atoms with Crippen molar-refractivity contribution in [2.45, 2.75) is 32.6 Å². The standard InChI is InChI=1S/C16H32N2O2/c1-3-17-12-16(7-4-8-20-14-16)13-18(2)11-15-5-9-19-10-6-15/h15,17H,3-14H2,1-2H3. The third kappa shape index (κ3) is 4.99. The zero-order valence-electron chi connectivity index (χ0n) is 13.3. The highest BCUT2D eigenvalue weighted by molar-refractivity contribution is 4.87. The molecule has 2 heterocycles. The first kappa shape index (κ1) is 16.2. The number of hydrogen-bond donors (Lipinski definition) is 1. The van der Waals surface area contributed by atoms with Gasteiger partial charge in [0.15, 0.2) is 0 Å². The maximum absolute atomic E-state index is 5.79. The lowest BCUT2D eigenvalue weighted by atomic mass is 9.81. The summed E-state index contributed by atoms with van der Waals surface area (Å²) >= 11 is 0. The Labute approximate surface area is 124 Å². The molecule has 2 aliphatic rings. The molecular formula is C16H32N2O2. The van der Waals surface area contributed by atoms with Crippen LogP contribution >= 0.6 is 0 Å². The molecule has 0 saturated carbocycles. The van der Waals surface area contributed by atoms with E-state index in [-0.39, 0.29) is 0 Å².